The van der Waals surface area contributed by atoms with Gasteiger partial charge in [-0.25, -0.2) is 4.79 Å². The van der Waals surface area contributed by atoms with Gasteiger partial charge in [0.1, 0.15) is 0 Å². The molecule has 5 aliphatic rings. The molecular weight excluding hydrogens is 569 g/mol. The highest BCUT2D eigenvalue weighted by Crippen LogP contribution is 2.51. The minimum atomic E-state index is -4.52. The molecule has 6 rings (SSSR count). The number of pyridine rings is 1. The number of rotatable bonds is 6. The fourth-order valence-electron chi connectivity index (χ4n) is 7.70. The first kappa shape index (κ1) is 30.5. The number of hydrogen-bond acceptors (Lipinski definition) is 8. The number of halogens is 3. The monoisotopic (exact) mass is 610 g/mol. The molecule has 4 aliphatic heterocycles. The van der Waals surface area contributed by atoms with E-state index in [4.69, 9.17) is 14.2 Å². The van der Waals surface area contributed by atoms with Gasteiger partial charge in [0.2, 0.25) is 5.91 Å². The Balaban J connectivity index is 1.16. The highest BCUT2D eigenvalue weighted by atomic mass is 19.4. The summed E-state index contributed by atoms with van der Waals surface area (Å²) in [5, 5.41) is 14.0. The Morgan fingerprint density at radius 3 is 2.72 bits per heavy atom. The predicted molar refractivity (Wildman–Crippen MR) is 147 cm³/mol. The molecule has 43 heavy (non-hydrogen) atoms. The van der Waals surface area contributed by atoms with Crippen molar-refractivity contribution in [3.63, 3.8) is 0 Å². The second kappa shape index (κ2) is 12.5. The summed E-state index contributed by atoms with van der Waals surface area (Å²) >= 11 is 0. The molecule has 2 amide bonds. The van der Waals surface area contributed by atoms with Crippen LogP contribution in [0.25, 0.3) is 0 Å². The molecule has 1 aliphatic carbocycles. The molecule has 1 saturated carbocycles. The van der Waals surface area contributed by atoms with Gasteiger partial charge in [-0.3, -0.25) is 9.78 Å². The molecular formula is C30H41F3N4O6. The highest BCUT2D eigenvalue weighted by Gasteiger charge is 2.60. The second-order valence-electron chi connectivity index (χ2n) is 12.8. The third kappa shape index (κ3) is 6.50. The van der Waals surface area contributed by atoms with Gasteiger partial charge in [0.15, 0.2) is 0 Å². The van der Waals surface area contributed by atoms with E-state index in [9.17, 15) is 27.9 Å². The number of likely N-dealkylation sites (tertiary alicyclic amines) is 1. The zero-order valence-corrected chi connectivity index (χ0v) is 24.3. The van der Waals surface area contributed by atoms with Crippen molar-refractivity contribution in [1.29, 1.82) is 0 Å². The summed E-state index contributed by atoms with van der Waals surface area (Å²) in [4.78, 5) is 34.9. The first-order valence-electron chi connectivity index (χ1n) is 15.5. The lowest BCUT2D eigenvalue weighted by atomic mass is 9.78. The Morgan fingerprint density at radius 2 is 1.95 bits per heavy atom. The quantitative estimate of drug-likeness (QED) is 0.506. The van der Waals surface area contributed by atoms with Gasteiger partial charge < -0.3 is 34.4 Å². The largest absolute Gasteiger partial charge is 0.449 e. The van der Waals surface area contributed by atoms with Crippen LogP contribution in [0.2, 0.25) is 0 Å². The van der Waals surface area contributed by atoms with Crippen molar-refractivity contribution in [3.05, 3.63) is 29.1 Å². The minimum absolute atomic E-state index is 0.0473. The van der Waals surface area contributed by atoms with Crippen molar-refractivity contribution >= 4 is 12.0 Å². The average molecular weight is 611 g/mol. The number of ether oxygens (including phenoxy) is 3. The van der Waals surface area contributed by atoms with E-state index in [0.29, 0.717) is 69.2 Å². The third-order valence-corrected chi connectivity index (χ3v) is 10.1. The van der Waals surface area contributed by atoms with Gasteiger partial charge in [-0.15, -0.1) is 0 Å². The minimum Gasteiger partial charge on any atom is -0.449 e. The van der Waals surface area contributed by atoms with Crippen LogP contribution in [0.15, 0.2) is 12.3 Å². The number of fused-ring (bicyclic) bond motifs is 2. The SMILES string of the molecule is O=C(OCCC1CCOCC1)N1C[C@@H]2C[C@@H](N[C@@H]3CCOC[C@@H]3O)C[C@]2(C(=O)N2CCc3ncc(C(F)(F)F)cc3C2)C1. The van der Waals surface area contributed by atoms with E-state index in [-0.39, 0.29) is 43.6 Å². The zero-order valence-electron chi connectivity index (χ0n) is 24.3. The number of aliphatic hydroxyl groups excluding tert-OH is 1. The van der Waals surface area contributed by atoms with Crippen molar-refractivity contribution in [2.75, 3.05) is 52.7 Å². The summed E-state index contributed by atoms with van der Waals surface area (Å²) in [6, 6.07) is 0.901. The van der Waals surface area contributed by atoms with Gasteiger partial charge in [-0.05, 0) is 62.0 Å². The molecule has 5 heterocycles. The van der Waals surface area contributed by atoms with Crippen molar-refractivity contribution in [2.24, 2.45) is 17.3 Å². The summed E-state index contributed by atoms with van der Waals surface area (Å²) in [7, 11) is 0. The van der Waals surface area contributed by atoms with Crippen molar-refractivity contribution in [3.8, 4) is 0 Å². The first-order chi connectivity index (χ1) is 20.6. The molecule has 238 valence electrons. The van der Waals surface area contributed by atoms with E-state index in [0.717, 1.165) is 44.7 Å². The molecule has 13 heteroatoms. The zero-order chi connectivity index (χ0) is 30.2. The van der Waals surface area contributed by atoms with Gasteiger partial charge in [-0.2, -0.15) is 13.2 Å². The number of aromatic nitrogens is 1. The van der Waals surface area contributed by atoms with Gasteiger partial charge in [0.25, 0.3) is 0 Å². The molecule has 0 spiro atoms. The number of carbonyl (C=O) groups is 2. The maximum atomic E-state index is 14.4. The fourth-order valence-corrected chi connectivity index (χ4v) is 7.70. The molecule has 0 unspecified atom stereocenters. The van der Waals surface area contributed by atoms with Gasteiger partial charge in [0.05, 0.1) is 30.3 Å². The summed E-state index contributed by atoms with van der Waals surface area (Å²) in [5.74, 6) is 0.183. The lowest BCUT2D eigenvalue weighted by Gasteiger charge is -2.37. The summed E-state index contributed by atoms with van der Waals surface area (Å²) in [5.41, 5.74) is -0.734. The van der Waals surface area contributed by atoms with E-state index in [1.807, 2.05) is 0 Å². The Labute approximate surface area is 249 Å². The van der Waals surface area contributed by atoms with Crippen LogP contribution in [0.5, 0.6) is 0 Å². The Kier molecular flexibility index (Phi) is 8.87. The van der Waals surface area contributed by atoms with Crippen LogP contribution in [0.4, 0.5) is 18.0 Å². The number of aliphatic hydroxyl groups is 1. The number of nitrogens with zero attached hydrogens (tertiary/aromatic N) is 3. The van der Waals surface area contributed by atoms with Crippen LogP contribution in [-0.2, 0) is 38.1 Å². The van der Waals surface area contributed by atoms with E-state index in [2.05, 4.69) is 10.3 Å². The molecule has 0 bridgehead atoms. The summed E-state index contributed by atoms with van der Waals surface area (Å²) in [6.07, 6.45) is 0.0870. The maximum Gasteiger partial charge on any atom is 0.417 e. The second-order valence-corrected chi connectivity index (χ2v) is 12.8. The lowest BCUT2D eigenvalue weighted by Crippen LogP contribution is -2.52. The van der Waals surface area contributed by atoms with E-state index < -0.39 is 29.4 Å². The molecule has 10 nitrogen and oxygen atoms in total. The number of alkyl halides is 3. The van der Waals surface area contributed by atoms with E-state index in [1.54, 1.807) is 9.80 Å². The molecule has 4 fully saturated rings. The molecule has 1 aromatic rings. The average Bonchev–Trinajstić information content (AvgIpc) is 3.52. The molecule has 0 aromatic carbocycles. The molecule has 3 saturated heterocycles. The van der Waals surface area contributed by atoms with E-state index >= 15 is 0 Å². The van der Waals surface area contributed by atoms with Gasteiger partial charge in [-0.1, -0.05) is 0 Å². The highest BCUT2D eigenvalue weighted by molar-refractivity contribution is 5.86. The smallest absolute Gasteiger partial charge is 0.417 e. The van der Waals surface area contributed by atoms with Crippen LogP contribution < -0.4 is 5.32 Å². The number of amides is 2. The number of carbonyl (C=O) groups excluding carboxylic acids is 2. The van der Waals surface area contributed by atoms with Crippen molar-refractivity contribution in [2.45, 2.75) is 75.9 Å². The number of hydrogen-bond donors (Lipinski definition) is 2. The summed E-state index contributed by atoms with van der Waals surface area (Å²) < 4.78 is 56.6. The Bertz CT molecular complexity index is 1180. The van der Waals surface area contributed by atoms with Crippen LogP contribution in [0.1, 0.15) is 55.3 Å². The lowest BCUT2D eigenvalue weighted by molar-refractivity contribution is -0.143. The van der Waals surface area contributed by atoms with Gasteiger partial charge >= 0.3 is 12.3 Å². The molecule has 5 atom stereocenters. The first-order valence-corrected chi connectivity index (χ1v) is 15.5. The predicted octanol–water partition coefficient (Wildman–Crippen LogP) is 2.76. The molecule has 2 N–H and O–H groups in total. The summed E-state index contributed by atoms with van der Waals surface area (Å²) in [6.45, 7) is 3.55. The van der Waals surface area contributed by atoms with Crippen LogP contribution >= 0.6 is 0 Å². The van der Waals surface area contributed by atoms with Gasteiger partial charge in [0, 0.05) is 76.4 Å². The van der Waals surface area contributed by atoms with Crippen LogP contribution in [-0.4, -0.2) is 103 Å². The maximum absolute atomic E-state index is 14.4. The van der Waals surface area contributed by atoms with Crippen molar-refractivity contribution in [1.82, 2.24) is 20.1 Å². The molecule has 0 radical (unpaired) electrons. The van der Waals surface area contributed by atoms with Crippen LogP contribution in [0.3, 0.4) is 0 Å². The Hall–Kier alpha value is -2.48. The fraction of sp³-hybridized carbons (Fsp3) is 0.767. The van der Waals surface area contributed by atoms with Crippen molar-refractivity contribution < 1.29 is 42.1 Å². The third-order valence-electron chi connectivity index (χ3n) is 10.1. The van der Waals surface area contributed by atoms with E-state index in [1.165, 1.54) is 0 Å². The standard InChI is InChI=1S/C30H41F3N4O6/c31-30(32,33)21-11-20-15-36(6-1-24(20)34-14-21)27(39)29-13-23(35-25-5-9-42-17-26(25)38)12-22(29)16-37(18-29)28(40)43-10-4-19-2-7-41-8-3-19/h11,14,19,22-23,25-26,35,38H,1-10,12-13,15-18H2/t22-,23+,25+,26-,29-/m0/s1. The van der Waals surface area contributed by atoms with Crippen LogP contribution in [0, 0.1) is 17.3 Å². The molecule has 1 aromatic heterocycles. The topological polar surface area (TPSA) is 113 Å². The number of nitrogens with one attached hydrogen (secondary N) is 1. The Morgan fingerprint density at radius 1 is 1.16 bits per heavy atom. The normalized spacial score (nSPS) is 31.5.